The molecule has 0 saturated carbocycles. The van der Waals surface area contributed by atoms with Crippen LogP contribution in [-0.2, 0) is 7.05 Å². The fraction of sp³-hybridized carbons (Fsp3) is 0.600. The molecule has 0 aliphatic carbocycles. The summed E-state index contributed by atoms with van der Waals surface area (Å²) >= 11 is 0. The summed E-state index contributed by atoms with van der Waals surface area (Å²) in [5, 5.41) is 4.05. The van der Waals surface area contributed by atoms with Crippen molar-refractivity contribution in [2.45, 2.75) is 53.9 Å². The van der Waals surface area contributed by atoms with Crippen molar-refractivity contribution < 1.29 is 0 Å². The van der Waals surface area contributed by atoms with Crippen LogP contribution >= 0.6 is 0 Å². The van der Waals surface area contributed by atoms with E-state index < -0.39 is 0 Å². The van der Waals surface area contributed by atoms with Gasteiger partial charge in [-0.05, 0) is 24.3 Å². The van der Waals surface area contributed by atoms with Gasteiger partial charge >= 0.3 is 0 Å². The van der Waals surface area contributed by atoms with Crippen LogP contribution in [0.5, 0.6) is 0 Å². The second kappa shape index (κ2) is 7.77. The highest BCUT2D eigenvalue weighted by Gasteiger charge is 1.99. The van der Waals surface area contributed by atoms with Crippen molar-refractivity contribution in [3.8, 4) is 0 Å². The van der Waals surface area contributed by atoms with Crippen LogP contribution in [0, 0.1) is 6.92 Å². The minimum atomic E-state index is 0. The van der Waals surface area contributed by atoms with Crippen molar-refractivity contribution in [2.75, 3.05) is 0 Å². The zero-order chi connectivity index (χ0) is 13.7. The molecule has 0 atom stereocenters. The van der Waals surface area contributed by atoms with E-state index in [1.165, 1.54) is 11.3 Å². The molecule has 0 spiro atoms. The van der Waals surface area contributed by atoms with Crippen LogP contribution < -0.4 is 0 Å². The van der Waals surface area contributed by atoms with E-state index in [1.54, 1.807) is 0 Å². The van der Waals surface area contributed by atoms with Gasteiger partial charge in [0.25, 0.3) is 0 Å². The first kappa shape index (κ1) is 17.4. The number of aromatic nitrogens is 4. The van der Waals surface area contributed by atoms with Crippen LogP contribution in [0.4, 0.5) is 0 Å². The third-order valence-corrected chi connectivity index (χ3v) is 2.74. The summed E-state index contributed by atoms with van der Waals surface area (Å²) in [4.78, 5) is 7.25. The Hall–Kier alpha value is -1.58. The molecule has 0 aliphatic heterocycles. The zero-order valence-electron chi connectivity index (χ0n) is 12.2. The molecule has 0 bridgehead atoms. The SMILES string of the molecule is C.CC(C)c1cnn(C)c1.Cc1ncc(C(C)C)[nH]1. The van der Waals surface area contributed by atoms with E-state index in [0.29, 0.717) is 11.8 Å². The number of nitrogens with zero attached hydrogens (tertiary/aromatic N) is 3. The summed E-state index contributed by atoms with van der Waals surface area (Å²) in [5.74, 6) is 2.16. The summed E-state index contributed by atoms with van der Waals surface area (Å²) < 4.78 is 1.83. The lowest BCUT2D eigenvalue weighted by atomic mass is 10.1. The summed E-state index contributed by atoms with van der Waals surface area (Å²) in [6.45, 7) is 10.6. The predicted molar refractivity (Wildman–Crippen MR) is 81.4 cm³/mol. The van der Waals surface area contributed by atoms with E-state index in [4.69, 9.17) is 0 Å². The first-order valence-electron chi connectivity index (χ1n) is 6.40. The average molecular weight is 264 g/mol. The van der Waals surface area contributed by atoms with Crippen molar-refractivity contribution in [1.29, 1.82) is 0 Å². The second-order valence-corrected chi connectivity index (χ2v) is 5.18. The van der Waals surface area contributed by atoms with Gasteiger partial charge in [-0.3, -0.25) is 4.68 Å². The number of hydrogen-bond donors (Lipinski definition) is 1. The van der Waals surface area contributed by atoms with Gasteiger partial charge in [0.05, 0.1) is 6.20 Å². The third kappa shape index (κ3) is 5.73. The molecular weight excluding hydrogens is 236 g/mol. The number of nitrogens with one attached hydrogen (secondary N) is 1. The molecule has 1 N–H and O–H groups in total. The molecule has 0 fully saturated rings. The summed E-state index contributed by atoms with van der Waals surface area (Å²) in [6.07, 6.45) is 5.84. The first-order valence-corrected chi connectivity index (χ1v) is 6.40. The molecule has 0 aromatic carbocycles. The van der Waals surface area contributed by atoms with Crippen LogP contribution in [0.3, 0.4) is 0 Å². The lowest BCUT2D eigenvalue weighted by Gasteiger charge is -1.96. The molecule has 0 saturated heterocycles. The molecule has 2 heterocycles. The number of rotatable bonds is 2. The minimum absolute atomic E-state index is 0. The molecule has 2 rings (SSSR count). The predicted octanol–water partition coefficient (Wildman–Crippen LogP) is 4.02. The van der Waals surface area contributed by atoms with Gasteiger partial charge < -0.3 is 4.98 Å². The molecule has 2 aromatic rings. The normalized spacial score (nSPS) is 10.1. The largest absolute Gasteiger partial charge is 0.346 e. The van der Waals surface area contributed by atoms with Gasteiger partial charge in [-0.15, -0.1) is 0 Å². The standard InChI is InChI=1S/2C7H12N2.CH4/c1-6(2)7-4-8-9(3)5-7;1-5(2)7-4-8-6(3)9-7;/h4-6H,1-3H3;4-5H,1-3H3,(H,8,9);1H4. The molecule has 108 valence electrons. The summed E-state index contributed by atoms with van der Waals surface area (Å²) in [7, 11) is 1.94. The van der Waals surface area contributed by atoms with Gasteiger partial charge in [0, 0.05) is 25.1 Å². The van der Waals surface area contributed by atoms with E-state index in [1.807, 2.05) is 37.2 Å². The fourth-order valence-electron chi connectivity index (χ4n) is 1.47. The number of imidazole rings is 1. The Bertz CT molecular complexity index is 422. The lowest BCUT2D eigenvalue weighted by molar-refractivity contribution is 0.764. The minimum Gasteiger partial charge on any atom is -0.346 e. The van der Waals surface area contributed by atoms with Crippen molar-refractivity contribution in [3.63, 3.8) is 0 Å². The number of aryl methyl sites for hydroxylation is 2. The molecule has 0 radical (unpaired) electrons. The van der Waals surface area contributed by atoms with Crippen molar-refractivity contribution in [1.82, 2.24) is 19.7 Å². The Kier molecular flexibility index (Phi) is 7.12. The van der Waals surface area contributed by atoms with Gasteiger partial charge in [-0.25, -0.2) is 4.98 Å². The third-order valence-electron chi connectivity index (χ3n) is 2.74. The maximum atomic E-state index is 4.08. The molecule has 2 aromatic heterocycles. The highest BCUT2D eigenvalue weighted by atomic mass is 15.2. The molecule has 0 aliphatic rings. The van der Waals surface area contributed by atoms with Gasteiger partial charge in [0.15, 0.2) is 0 Å². The van der Waals surface area contributed by atoms with Crippen LogP contribution in [-0.4, -0.2) is 19.7 Å². The van der Waals surface area contributed by atoms with Crippen LogP contribution in [0.25, 0.3) is 0 Å². The van der Waals surface area contributed by atoms with Crippen LogP contribution in [0.15, 0.2) is 18.6 Å². The Morgan fingerprint density at radius 1 is 1.11 bits per heavy atom. The number of hydrogen-bond acceptors (Lipinski definition) is 2. The molecular formula is C15H28N4. The number of H-pyrrole nitrogens is 1. The summed E-state index contributed by atoms with van der Waals surface area (Å²) in [6, 6.07) is 0. The zero-order valence-corrected chi connectivity index (χ0v) is 12.2. The highest BCUT2D eigenvalue weighted by molar-refractivity contribution is 5.08. The fourth-order valence-corrected chi connectivity index (χ4v) is 1.47. The van der Waals surface area contributed by atoms with Crippen LogP contribution in [0.2, 0.25) is 0 Å². The molecule has 19 heavy (non-hydrogen) atoms. The lowest BCUT2D eigenvalue weighted by Crippen LogP contribution is -1.85. The quantitative estimate of drug-likeness (QED) is 0.890. The van der Waals surface area contributed by atoms with E-state index in [-0.39, 0.29) is 7.43 Å². The van der Waals surface area contributed by atoms with Gasteiger partial charge in [-0.2, -0.15) is 5.10 Å². The van der Waals surface area contributed by atoms with E-state index in [2.05, 4.69) is 42.8 Å². The Morgan fingerprint density at radius 2 is 1.74 bits per heavy atom. The topological polar surface area (TPSA) is 46.5 Å². The molecule has 0 amide bonds. The van der Waals surface area contributed by atoms with Crippen molar-refractivity contribution >= 4 is 0 Å². The molecule has 4 heteroatoms. The van der Waals surface area contributed by atoms with Gasteiger partial charge in [0.2, 0.25) is 0 Å². The van der Waals surface area contributed by atoms with Crippen molar-refractivity contribution in [3.05, 3.63) is 35.7 Å². The van der Waals surface area contributed by atoms with E-state index >= 15 is 0 Å². The maximum absolute atomic E-state index is 4.08. The molecule has 0 unspecified atom stereocenters. The Labute approximate surface area is 117 Å². The Balaban J connectivity index is 0.000000324. The first-order chi connectivity index (χ1) is 8.40. The van der Waals surface area contributed by atoms with Crippen LogP contribution in [0.1, 0.15) is 64.0 Å². The average Bonchev–Trinajstić information content (AvgIpc) is 2.88. The van der Waals surface area contributed by atoms with E-state index in [9.17, 15) is 0 Å². The smallest absolute Gasteiger partial charge is 0.103 e. The number of aromatic amines is 1. The summed E-state index contributed by atoms with van der Waals surface area (Å²) in [5.41, 5.74) is 2.52. The van der Waals surface area contributed by atoms with E-state index in [0.717, 1.165) is 5.82 Å². The monoisotopic (exact) mass is 264 g/mol. The van der Waals surface area contributed by atoms with Gasteiger partial charge in [-0.1, -0.05) is 35.1 Å². The van der Waals surface area contributed by atoms with Gasteiger partial charge in [0.1, 0.15) is 5.82 Å². The second-order valence-electron chi connectivity index (χ2n) is 5.18. The van der Waals surface area contributed by atoms with Crippen molar-refractivity contribution in [2.24, 2.45) is 7.05 Å². The Morgan fingerprint density at radius 3 is 1.95 bits per heavy atom. The maximum Gasteiger partial charge on any atom is 0.103 e. The highest BCUT2D eigenvalue weighted by Crippen LogP contribution is 2.11. The molecule has 4 nitrogen and oxygen atoms in total.